The second-order valence-corrected chi connectivity index (χ2v) is 4.22. The summed E-state index contributed by atoms with van der Waals surface area (Å²) in [6, 6.07) is 10.0. The van der Waals surface area contributed by atoms with E-state index in [0.29, 0.717) is 6.54 Å². The molecule has 1 aliphatic heterocycles. The highest BCUT2D eigenvalue weighted by molar-refractivity contribution is 5.76. The summed E-state index contributed by atoms with van der Waals surface area (Å²) in [7, 11) is 0. The summed E-state index contributed by atoms with van der Waals surface area (Å²) in [4.78, 5) is 13.9. The number of carbonyl (C=O) groups excluding carboxylic acids is 1. The normalized spacial score (nSPS) is 13.8. The molecule has 0 unspecified atom stereocenters. The molecule has 0 spiro atoms. The van der Waals surface area contributed by atoms with Gasteiger partial charge < -0.3 is 4.90 Å². The number of fused-ring (bicyclic) bond motifs is 1. The molecule has 1 amide bonds. The molecule has 1 aliphatic rings. The molecule has 86 valence electrons. The average molecular weight is 227 g/mol. The molecular formula is C13H13N3O. The summed E-state index contributed by atoms with van der Waals surface area (Å²) in [5.74, 6) is 0.116. The summed E-state index contributed by atoms with van der Waals surface area (Å²) in [5.41, 5.74) is 2.50. The Morgan fingerprint density at radius 2 is 1.88 bits per heavy atom. The van der Waals surface area contributed by atoms with Crippen LogP contribution in [0.2, 0.25) is 0 Å². The van der Waals surface area contributed by atoms with Crippen LogP contribution in [0.5, 0.6) is 0 Å². The van der Waals surface area contributed by atoms with Crippen LogP contribution in [0.15, 0.2) is 42.7 Å². The van der Waals surface area contributed by atoms with Crippen molar-refractivity contribution in [3.8, 4) is 0 Å². The quantitative estimate of drug-likeness (QED) is 0.778. The molecule has 1 aromatic heterocycles. The number of nitrogens with zero attached hydrogens (tertiary/aromatic N) is 3. The molecule has 2 heterocycles. The summed E-state index contributed by atoms with van der Waals surface area (Å²) < 4.78 is 1.66. The molecule has 4 heteroatoms. The minimum absolute atomic E-state index is 0.116. The molecule has 0 radical (unpaired) electrons. The number of hydrogen-bond donors (Lipinski definition) is 0. The van der Waals surface area contributed by atoms with Crippen molar-refractivity contribution in [2.75, 3.05) is 0 Å². The maximum Gasteiger partial charge on any atom is 0.244 e. The Morgan fingerprint density at radius 1 is 1.18 bits per heavy atom. The first kappa shape index (κ1) is 10.1. The Balaban J connectivity index is 1.70. The summed E-state index contributed by atoms with van der Waals surface area (Å²) in [6.45, 7) is 1.76. The Hall–Kier alpha value is -2.10. The zero-order chi connectivity index (χ0) is 11.7. The van der Waals surface area contributed by atoms with E-state index in [1.54, 1.807) is 17.1 Å². The molecule has 17 heavy (non-hydrogen) atoms. The van der Waals surface area contributed by atoms with E-state index in [-0.39, 0.29) is 5.91 Å². The van der Waals surface area contributed by atoms with Crippen molar-refractivity contribution in [2.24, 2.45) is 0 Å². The highest BCUT2D eigenvalue weighted by atomic mass is 16.2. The van der Waals surface area contributed by atoms with Gasteiger partial charge >= 0.3 is 0 Å². The van der Waals surface area contributed by atoms with Gasteiger partial charge in [0.25, 0.3) is 0 Å². The first-order valence-electron chi connectivity index (χ1n) is 5.65. The van der Waals surface area contributed by atoms with Crippen LogP contribution in [0.1, 0.15) is 11.1 Å². The third kappa shape index (κ3) is 1.93. The van der Waals surface area contributed by atoms with Crippen LogP contribution in [0.3, 0.4) is 0 Å². The van der Waals surface area contributed by atoms with Crippen LogP contribution >= 0.6 is 0 Å². The van der Waals surface area contributed by atoms with Crippen molar-refractivity contribution < 1.29 is 4.79 Å². The van der Waals surface area contributed by atoms with Gasteiger partial charge in [-0.25, -0.2) is 0 Å². The van der Waals surface area contributed by atoms with Crippen molar-refractivity contribution in [2.45, 2.75) is 19.6 Å². The van der Waals surface area contributed by atoms with E-state index in [1.165, 1.54) is 11.1 Å². The van der Waals surface area contributed by atoms with E-state index in [9.17, 15) is 4.79 Å². The number of rotatable bonds is 2. The molecule has 3 rings (SSSR count). The van der Waals surface area contributed by atoms with Crippen LogP contribution in [0.4, 0.5) is 0 Å². The number of amides is 1. The van der Waals surface area contributed by atoms with Gasteiger partial charge in [0.1, 0.15) is 6.54 Å². The van der Waals surface area contributed by atoms with Crippen molar-refractivity contribution in [1.29, 1.82) is 0 Å². The Kier molecular flexibility index (Phi) is 2.40. The third-order valence-corrected chi connectivity index (χ3v) is 3.05. The smallest absolute Gasteiger partial charge is 0.244 e. The van der Waals surface area contributed by atoms with Gasteiger partial charge in [-0.05, 0) is 17.2 Å². The summed E-state index contributed by atoms with van der Waals surface area (Å²) in [5, 5.41) is 4.05. The Morgan fingerprint density at radius 3 is 2.47 bits per heavy atom. The molecule has 0 aliphatic carbocycles. The first-order valence-corrected chi connectivity index (χ1v) is 5.65. The minimum Gasteiger partial charge on any atom is -0.332 e. The van der Waals surface area contributed by atoms with Gasteiger partial charge in [-0.2, -0.15) is 5.10 Å². The lowest BCUT2D eigenvalue weighted by Crippen LogP contribution is -2.29. The zero-order valence-corrected chi connectivity index (χ0v) is 9.41. The number of carbonyl (C=O) groups is 1. The summed E-state index contributed by atoms with van der Waals surface area (Å²) in [6.07, 6.45) is 3.49. The molecule has 1 aromatic carbocycles. The van der Waals surface area contributed by atoms with Gasteiger partial charge in [0.05, 0.1) is 0 Å². The molecule has 0 atom stereocenters. The fourth-order valence-electron chi connectivity index (χ4n) is 2.14. The minimum atomic E-state index is 0.116. The van der Waals surface area contributed by atoms with E-state index in [2.05, 4.69) is 17.2 Å². The monoisotopic (exact) mass is 227 g/mol. The number of benzene rings is 1. The molecule has 0 saturated heterocycles. The molecular weight excluding hydrogens is 214 g/mol. The highest BCUT2D eigenvalue weighted by Crippen LogP contribution is 2.22. The lowest BCUT2D eigenvalue weighted by atomic mass is 10.1. The maximum atomic E-state index is 12.0. The molecule has 4 nitrogen and oxygen atoms in total. The fourth-order valence-corrected chi connectivity index (χ4v) is 2.14. The first-order chi connectivity index (χ1) is 8.33. The topological polar surface area (TPSA) is 38.1 Å². The SMILES string of the molecule is O=C(Cn1cccn1)N1Cc2ccccc2C1. The standard InChI is InChI=1S/C13H13N3O/c17-13(10-16-7-3-6-14-16)15-8-11-4-1-2-5-12(11)9-15/h1-7H,8-10H2. The van der Waals surface area contributed by atoms with Gasteiger partial charge in [-0.15, -0.1) is 0 Å². The maximum absolute atomic E-state index is 12.0. The van der Waals surface area contributed by atoms with Gasteiger partial charge in [0.2, 0.25) is 5.91 Å². The molecule has 0 fully saturated rings. The second-order valence-electron chi connectivity index (χ2n) is 4.22. The van der Waals surface area contributed by atoms with E-state index in [0.717, 1.165) is 13.1 Å². The molecule has 0 N–H and O–H groups in total. The van der Waals surface area contributed by atoms with Crippen LogP contribution in [0.25, 0.3) is 0 Å². The van der Waals surface area contributed by atoms with E-state index in [1.807, 2.05) is 23.1 Å². The van der Waals surface area contributed by atoms with E-state index < -0.39 is 0 Å². The number of aromatic nitrogens is 2. The van der Waals surface area contributed by atoms with Crippen LogP contribution < -0.4 is 0 Å². The molecule has 0 saturated carbocycles. The van der Waals surface area contributed by atoms with Gasteiger partial charge in [0, 0.05) is 25.5 Å². The van der Waals surface area contributed by atoms with Gasteiger partial charge in [-0.3, -0.25) is 9.48 Å². The van der Waals surface area contributed by atoms with E-state index in [4.69, 9.17) is 0 Å². The Labute approximate surface area is 99.5 Å². The average Bonchev–Trinajstić information content (AvgIpc) is 2.96. The predicted octanol–water partition coefficient (Wildman–Crippen LogP) is 1.43. The Bertz CT molecular complexity index is 508. The van der Waals surface area contributed by atoms with Crippen LogP contribution in [0, 0.1) is 0 Å². The molecule has 0 bridgehead atoms. The van der Waals surface area contributed by atoms with Gasteiger partial charge in [-0.1, -0.05) is 24.3 Å². The van der Waals surface area contributed by atoms with Gasteiger partial charge in [0.15, 0.2) is 0 Å². The number of hydrogen-bond acceptors (Lipinski definition) is 2. The molecule has 2 aromatic rings. The summed E-state index contributed by atoms with van der Waals surface area (Å²) >= 11 is 0. The zero-order valence-electron chi connectivity index (χ0n) is 9.41. The van der Waals surface area contributed by atoms with E-state index >= 15 is 0 Å². The van der Waals surface area contributed by atoms with Crippen molar-refractivity contribution in [3.05, 3.63) is 53.9 Å². The largest absolute Gasteiger partial charge is 0.332 e. The lowest BCUT2D eigenvalue weighted by molar-refractivity contribution is -0.132. The lowest BCUT2D eigenvalue weighted by Gasteiger charge is -2.15. The van der Waals surface area contributed by atoms with Crippen molar-refractivity contribution in [3.63, 3.8) is 0 Å². The fraction of sp³-hybridized carbons (Fsp3) is 0.231. The van der Waals surface area contributed by atoms with Crippen LogP contribution in [-0.4, -0.2) is 20.6 Å². The van der Waals surface area contributed by atoms with Crippen molar-refractivity contribution >= 4 is 5.91 Å². The van der Waals surface area contributed by atoms with Crippen molar-refractivity contribution in [1.82, 2.24) is 14.7 Å². The predicted molar refractivity (Wildman–Crippen MR) is 62.9 cm³/mol. The van der Waals surface area contributed by atoms with Crippen LogP contribution in [-0.2, 0) is 24.4 Å². The third-order valence-electron chi connectivity index (χ3n) is 3.05. The second kappa shape index (κ2) is 4.05. The highest BCUT2D eigenvalue weighted by Gasteiger charge is 2.22.